The molecule has 0 amide bonds. The third-order valence-corrected chi connectivity index (χ3v) is 1.48. The van der Waals surface area contributed by atoms with Crippen LogP contribution in [0.4, 0.5) is 13.2 Å². The summed E-state index contributed by atoms with van der Waals surface area (Å²) in [5, 5.41) is 6.49. The Hall–Kier alpha value is -0.590. The van der Waals surface area contributed by atoms with Crippen LogP contribution >= 0.6 is 15.9 Å². The van der Waals surface area contributed by atoms with E-state index < -0.39 is 11.9 Å². The fourth-order valence-corrected chi connectivity index (χ4v) is 1.09. The lowest BCUT2D eigenvalue weighted by molar-refractivity contribution is -0.142. The van der Waals surface area contributed by atoms with Crippen molar-refractivity contribution in [1.82, 2.24) is 15.0 Å². The van der Waals surface area contributed by atoms with E-state index in [1.807, 2.05) is 0 Å². The van der Waals surface area contributed by atoms with Crippen molar-refractivity contribution in [3.05, 3.63) is 10.3 Å². The van der Waals surface area contributed by atoms with Crippen LogP contribution in [0.2, 0.25) is 0 Å². The average Bonchev–Trinajstić information content (AvgIpc) is 2.08. The van der Waals surface area contributed by atoms with Crippen molar-refractivity contribution < 1.29 is 13.2 Å². The van der Waals surface area contributed by atoms with E-state index in [0.29, 0.717) is 0 Å². The molecule has 3 nitrogen and oxygen atoms in total. The van der Waals surface area contributed by atoms with Gasteiger partial charge in [-0.3, -0.25) is 0 Å². The zero-order chi connectivity index (χ0) is 8.65. The van der Waals surface area contributed by atoms with E-state index in [2.05, 4.69) is 26.1 Å². The number of rotatable bonds is 0. The molecule has 0 radical (unpaired) electrons. The van der Waals surface area contributed by atoms with E-state index in [0.717, 1.165) is 4.80 Å². The molecule has 1 heterocycles. The van der Waals surface area contributed by atoms with Gasteiger partial charge in [-0.05, 0) is 15.9 Å². The normalized spacial score (nSPS) is 12.1. The molecular weight excluding hydrogens is 227 g/mol. The first-order valence-corrected chi connectivity index (χ1v) is 3.34. The predicted molar refractivity (Wildman–Crippen MR) is 33.7 cm³/mol. The second-order valence-electron chi connectivity index (χ2n) is 1.83. The molecule has 11 heavy (non-hydrogen) atoms. The SMILES string of the molecule is Cn1nc(Br)c(C(F)(F)F)n1. The van der Waals surface area contributed by atoms with Crippen LogP contribution in [-0.2, 0) is 13.2 Å². The van der Waals surface area contributed by atoms with Gasteiger partial charge in [0.25, 0.3) is 0 Å². The Morgan fingerprint density at radius 2 is 1.91 bits per heavy atom. The molecule has 0 aliphatic heterocycles. The fourth-order valence-electron chi connectivity index (χ4n) is 0.556. The fraction of sp³-hybridized carbons (Fsp3) is 0.500. The highest BCUT2D eigenvalue weighted by Gasteiger charge is 2.37. The maximum absolute atomic E-state index is 11.9. The molecule has 0 atom stereocenters. The van der Waals surface area contributed by atoms with Crippen molar-refractivity contribution in [2.45, 2.75) is 6.18 Å². The van der Waals surface area contributed by atoms with Gasteiger partial charge < -0.3 is 0 Å². The lowest BCUT2D eigenvalue weighted by Crippen LogP contribution is -2.07. The zero-order valence-electron chi connectivity index (χ0n) is 5.35. The molecule has 0 saturated heterocycles. The van der Waals surface area contributed by atoms with Gasteiger partial charge in [0.2, 0.25) is 5.69 Å². The molecule has 0 aliphatic rings. The van der Waals surface area contributed by atoms with Crippen LogP contribution in [0.5, 0.6) is 0 Å². The molecular formula is C4H3BrF3N3. The standard InChI is InChI=1S/C4H3BrF3N3/c1-11-9-2(3(5)10-11)4(6,7)8/h1H3. The Balaban J connectivity index is 3.13. The lowest BCUT2D eigenvalue weighted by Gasteiger charge is -1.99. The van der Waals surface area contributed by atoms with E-state index in [1.165, 1.54) is 7.05 Å². The first kappa shape index (κ1) is 8.51. The number of aryl methyl sites for hydroxylation is 1. The Morgan fingerprint density at radius 3 is 2.09 bits per heavy atom. The van der Waals surface area contributed by atoms with E-state index >= 15 is 0 Å². The zero-order valence-corrected chi connectivity index (χ0v) is 6.94. The van der Waals surface area contributed by atoms with Crippen LogP contribution in [0.3, 0.4) is 0 Å². The van der Waals surface area contributed by atoms with Gasteiger partial charge in [-0.25, -0.2) is 0 Å². The molecule has 7 heteroatoms. The van der Waals surface area contributed by atoms with Gasteiger partial charge in [0.1, 0.15) is 0 Å². The highest BCUT2D eigenvalue weighted by molar-refractivity contribution is 9.10. The quantitative estimate of drug-likeness (QED) is 0.677. The van der Waals surface area contributed by atoms with Gasteiger partial charge in [-0.2, -0.15) is 18.0 Å². The summed E-state index contributed by atoms with van der Waals surface area (Å²) in [4.78, 5) is 0.854. The predicted octanol–water partition coefficient (Wildman–Crippen LogP) is 1.60. The summed E-state index contributed by atoms with van der Waals surface area (Å²) in [6.45, 7) is 0. The monoisotopic (exact) mass is 229 g/mol. The topological polar surface area (TPSA) is 30.7 Å². The van der Waals surface area contributed by atoms with Crippen molar-refractivity contribution in [3.63, 3.8) is 0 Å². The van der Waals surface area contributed by atoms with Crippen LogP contribution in [0.25, 0.3) is 0 Å². The first-order valence-electron chi connectivity index (χ1n) is 2.55. The third-order valence-electron chi connectivity index (χ3n) is 0.941. The highest BCUT2D eigenvalue weighted by Crippen LogP contribution is 2.31. The maximum atomic E-state index is 11.9. The Morgan fingerprint density at radius 1 is 1.36 bits per heavy atom. The smallest absolute Gasteiger partial charge is 0.186 e. The summed E-state index contributed by atoms with van der Waals surface area (Å²) in [6, 6.07) is 0. The van der Waals surface area contributed by atoms with Crippen LogP contribution in [-0.4, -0.2) is 15.0 Å². The number of aromatic nitrogens is 3. The number of halogens is 4. The van der Waals surface area contributed by atoms with Crippen LogP contribution in [0.1, 0.15) is 5.69 Å². The Kier molecular flexibility index (Phi) is 1.91. The van der Waals surface area contributed by atoms with Crippen molar-refractivity contribution in [2.24, 2.45) is 7.05 Å². The van der Waals surface area contributed by atoms with Gasteiger partial charge in [0, 0.05) is 7.05 Å². The van der Waals surface area contributed by atoms with Crippen molar-refractivity contribution in [1.29, 1.82) is 0 Å². The summed E-state index contributed by atoms with van der Waals surface area (Å²) < 4.78 is 35.5. The van der Waals surface area contributed by atoms with E-state index in [-0.39, 0.29) is 4.60 Å². The van der Waals surface area contributed by atoms with Crippen molar-refractivity contribution >= 4 is 15.9 Å². The minimum Gasteiger partial charge on any atom is -0.186 e. The summed E-state index contributed by atoms with van der Waals surface area (Å²) >= 11 is 2.64. The second kappa shape index (κ2) is 2.47. The van der Waals surface area contributed by atoms with E-state index in [4.69, 9.17) is 0 Å². The molecule has 0 fully saturated rings. The third kappa shape index (κ3) is 1.70. The molecule has 1 aromatic heterocycles. The molecule has 0 bridgehead atoms. The lowest BCUT2D eigenvalue weighted by atomic mass is 10.5. The van der Waals surface area contributed by atoms with Gasteiger partial charge in [-0.15, -0.1) is 10.2 Å². The number of hydrogen-bond acceptors (Lipinski definition) is 2. The number of hydrogen-bond donors (Lipinski definition) is 0. The van der Waals surface area contributed by atoms with E-state index in [1.54, 1.807) is 0 Å². The largest absolute Gasteiger partial charge is 0.437 e. The van der Waals surface area contributed by atoms with Crippen molar-refractivity contribution in [2.75, 3.05) is 0 Å². The Labute approximate surface area is 68.3 Å². The average molecular weight is 230 g/mol. The molecule has 0 N–H and O–H groups in total. The van der Waals surface area contributed by atoms with E-state index in [9.17, 15) is 13.2 Å². The van der Waals surface area contributed by atoms with Gasteiger partial charge >= 0.3 is 6.18 Å². The molecule has 0 spiro atoms. The second-order valence-corrected chi connectivity index (χ2v) is 2.58. The van der Waals surface area contributed by atoms with Gasteiger partial charge in [-0.1, -0.05) is 0 Å². The van der Waals surface area contributed by atoms with Crippen LogP contribution in [0, 0.1) is 0 Å². The van der Waals surface area contributed by atoms with Crippen LogP contribution < -0.4 is 0 Å². The molecule has 1 rings (SSSR count). The maximum Gasteiger partial charge on any atom is 0.437 e. The van der Waals surface area contributed by atoms with Gasteiger partial charge in [0.05, 0.1) is 0 Å². The first-order chi connectivity index (χ1) is 4.91. The molecule has 0 aromatic carbocycles. The molecule has 0 aliphatic carbocycles. The minimum absolute atomic E-state index is 0.285. The Bertz CT molecular complexity index is 266. The number of nitrogens with zero attached hydrogens (tertiary/aromatic N) is 3. The minimum atomic E-state index is -4.44. The molecule has 0 unspecified atom stereocenters. The van der Waals surface area contributed by atoms with Crippen LogP contribution in [0.15, 0.2) is 4.60 Å². The number of alkyl halides is 3. The molecule has 62 valence electrons. The molecule has 0 saturated carbocycles. The molecule has 1 aromatic rings. The van der Waals surface area contributed by atoms with Crippen molar-refractivity contribution in [3.8, 4) is 0 Å². The summed E-state index contributed by atoms with van der Waals surface area (Å²) in [5.74, 6) is 0. The van der Waals surface area contributed by atoms with Gasteiger partial charge in [0.15, 0.2) is 4.60 Å². The summed E-state index contributed by atoms with van der Waals surface area (Å²) in [6.07, 6.45) is -4.44. The summed E-state index contributed by atoms with van der Waals surface area (Å²) in [7, 11) is 1.32. The highest BCUT2D eigenvalue weighted by atomic mass is 79.9. The summed E-state index contributed by atoms with van der Waals surface area (Å²) in [5.41, 5.74) is -1.000.